The molecular formula is C13H21N3S. The molecule has 0 aliphatic heterocycles. The largest absolute Gasteiger partial charge is 0.389 e. The van der Waals surface area contributed by atoms with E-state index in [-0.39, 0.29) is 0 Å². The highest BCUT2D eigenvalue weighted by Crippen LogP contribution is 2.19. The molecule has 1 aromatic heterocycles. The first-order valence-corrected chi connectivity index (χ1v) is 6.53. The Kier molecular flexibility index (Phi) is 5.35. The summed E-state index contributed by atoms with van der Waals surface area (Å²) < 4.78 is 0. The summed E-state index contributed by atoms with van der Waals surface area (Å²) in [6.07, 6.45) is 2.18. The van der Waals surface area contributed by atoms with Gasteiger partial charge in [0.25, 0.3) is 0 Å². The standard InChI is InChI=1S/C13H21N3S/c1-4-8-16(9-5-2)13-11(12(14)17)7-6-10(3)15-13/h6-7H,4-5,8-9H2,1-3H3,(H2,14,17). The normalized spacial score (nSPS) is 10.3. The number of anilines is 1. The molecule has 94 valence electrons. The van der Waals surface area contributed by atoms with Crippen LogP contribution in [0.15, 0.2) is 12.1 Å². The molecule has 0 amide bonds. The van der Waals surface area contributed by atoms with Crippen molar-refractivity contribution in [1.82, 2.24) is 4.98 Å². The second kappa shape index (κ2) is 6.55. The number of aromatic nitrogens is 1. The number of rotatable bonds is 6. The van der Waals surface area contributed by atoms with Crippen LogP contribution in [0.4, 0.5) is 5.82 Å². The van der Waals surface area contributed by atoms with Crippen molar-refractivity contribution < 1.29 is 0 Å². The fourth-order valence-corrected chi connectivity index (χ4v) is 2.00. The van der Waals surface area contributed by atoms with E-state index in [4.69, 9.17) is 18.0 Å². The topological polar surface area (TPSA) is 42.2 Å². The highest BCUT2D eigenvalue weighted by Gasteiger charge is 2.13. The van der Waals surface area contributed by atoms with E-state index in [2.05, 4.69) is 23.7 Å². The highest BCUT2D eigenvalue weighted by atomic mass is 32.1. The number of pyridine rings is 1. The molecule has 0 radical (unpaired) electrons. The van der Waals surface area contributed by atoms with Gasteiger partial charge in [-0.3, -0.25) is 0 Å². The second-order valence-electron chi connectivity index (χ2n) is 4.18. The van der Waals surface area contributed by atoms with E-state index in [1.165, 1.54) is 0 Å². The van der Waals surface area contributed by atoms with Crippen LogP contribution in [0.3, 0.4) is 0 Å². The van der Waals surface area contributed by atoms with Crippen molar-refractivity contribution in [3.8, 4) is 0 Å². The van der Waals surface area contributed by atoms with Crippen LogP contribution in [0, 0.1) is 6.92 Å². The fourth-order valence-electron chi connectivity index (χ4n) is 1.84. The van der Waals surface area contributed by atoms with Crippen LogP contribution >= 0.6 is 12.2 Å². The van der Waals surface area contributed by atoms with Crippen LogP contribution in [-0.2, 0) is 0 Å². The minimum Gasteiger partial charge on any atom is -0.389 e. The lowest BCUT2D eigenvalue weighted by atomic mass is 10.2. The summed E-state index contributed by atoms with van der Waals surface area (Å²) in [5.41, 5.74) is 7.64. The Bertz CT molecular complexity index is 384. The predicted molar refractivity (Wildman–Crippen MR) is 77.7 cm³/mol. The van der Waals surface area contributed by atoms with Crippen molar-refractivity contribution in [2.75, 3.05) is 18.0 Å². The number of aryl methyl sites for hydroxylation is 1. The lowest BCUT2D eigenvalue weighted by Crippen LogP contribution is -2.29. The number of hydrogen-bond donors (Lipinski definition) is 1. The lowest BCUT2D eigenvalue weighted by molar-refractivity contribution is 0.732. The Morgan fingerprint density at radius 2 is 1.88 bits per heavy atom. The predicted octanol–water partition coefficient (Wildman–Crippen LogP) is 2.65. The zero-order chi connectivity index (χ0) is 12.8. The molecular weight excluding hydrogens is 230 g/mol. The van der Waals surface area contributed by atoms with Crippen molar-refractivity contribution >= 4 is 23.0 Å². The van der Waals surface area contributed by atoms with Gasteiger partial charge in [-0.25, -0.2) is 4.98 Å². The summed E-state index contributed by atoms with van der Waals surface area (Å²) in [5, 5.41) is 0. The molecule has 0 saturated heterocycles. The molecule has 0 aromatic carbocycles. The molecule has 0 spiro atoms. The monoisotopic (exact) mass is 251 g/mol. The maximum Gasteiger partial charge on any atom is 0.139 e. The van der Waals surface area contributed by atoms with Crippen molar-refractivity contribution in [2.45, 2.75) is 33.6 Å². The minimum atomic E-state index is 0.421. The zero-order valence-corrected chi connectivity index (χ0v) is 11.7. The number of thiocarbonyl (C=S) groups is 1. The number of nitrogens with two attached hydrogens (primary N) is 1. The van der Waals surface area contributed by atoms with Crippen LogP contribution in [-0.4, -0.2) is 23.1 Å². The number of nitrogens with zero attached hydrogens (tertiary/aromatic N) is 2. The molecule has 1 heterocycles. The van der Waals surface area contributed by atoms with Gasteiger partial charge in [-0.2, -0.15) is 0 Å². The molecule has 0 fully saturated rings. The van der Waals surface area contributed by atoms with Gasteiger partial charge in [-0.1, -0.05) is 26.1 Å². The first-order chi connectivity index (χ1) is 8.10. The van der Waals surface area contributed by atoms with Gasteiger partial charge in [0.2, 0.25) is 0 Å². The van der Waals surface area contributed by atoms with E-state index in [0.29, 0.717) is 4.99 Å². The summed E-state index contributed by atoms with van der Waals surface area (Å²) in [4.78, 5) is 7.28. The van der Waals surface area contributed by atoms with Gasteiger partial charge in [0.15, 0.2) is 0 Å². The summed E-state index contributed by atoms with van der Waals surface area (Å²) in [5.74, 6) is 0.932. The Labute approximate surface area is 109 Å². The van der Waals surface area contributed by atoms with Crippen molar-refractivity contribution in [1.29, 1.82) is 0 Å². The van der Waals surface area contributed by atoms with Gasteiger partial charge in [-0.05, 0) is 31.9 Å². The van der Waals surface area contributed by atoms with Gasteiger partial charge in [-0.15, -0.1) is 0 Å². The third-order valence-electron chi connectivity index (χ3n) is 2.57. The molecule has 0 aliphatic rings. The van der Waals surface area contributed by atoms with Gasteiger partial charge in [0, 0.05) is 18.8 Å². The maximum atomic E-state index is 5.76. The third kappa shape index (κ3) is 3.66. The molecule has 2 N–H and O–H groups in total. The molecule has 0 saturated carbocycles. The molecule has 1 rings (SSSR count). The quantitative estimate of drug-likeness (QED) is 0.789. The van der Waals surface area contributed by atoms with Gasteiger partial charge in [0.05, 0.1) is 5.56 Å². The second-order valence-corrected chi connectivity index (χ2v) is 4.61. The third-order valence-corrected chi connectivity index (χ3v) is 2.79. The van der Waals surface area contributed by atoms with Crippen molar-refractivity contribution in [3.63, 3.8) is 0 Å². The Balaban J connectivity index is 3.14. The molecule has 0 atom stereocenters. The molecule has 0 unspecified atom stereocenters. The molecule has 1 aromatic rings. The van der Waals surface area contributed by atoms with Gasteiger partial charge < -0.3 is 10.6 Å². The van der Waals surface area contributed by atoms with Crippen molar-refractivity contribution in [3.05, 3.63) is 23.4 Å². The summed E-state index contributed by atoms with van der Waals surface area (Å²) >= 11 is 5.09. The van der Waals surface area contributed by atoms with Crippen LogP contribution in [0.1, 0.15) is 37.9 Å². The zero-order valence-electron chi connectivity index (χ0n) is 10.9. The molecule has 0 aliphatic carbocycles. The van der Waals surface area contributed by atoms with E-state index >= 15 is 0 Å². The van der Waals surface area contributed by atoms with E-state index < -0.39 is 0 Å². The van der Waals surface area contributed by atoms with Crippen LogP contribution in [0.25, 0.3) is 0 Å². The highest BCUT2D eigenvalue weighted by molar-refractivity contribution is 7.80. The average molecular weight is 251 g/mol. The Hall–Kier alpha value is -1.16. The summed E-state index contributed by atoms with van der Waals surface area (Å²) in [6, 6.07) is 3.92. The van der Waals surface area contributed by atoms with E-state index in [0.717, 1.165) is 43.0 Å². The fraction of sp³-hybridized carbons (Fsp3) is 0.538. The first kappa shape index (κ1) is 13.9. The van der Waals surface area contributed by atoms with Crippen molar-refractivity contribution in [2.24, 2.45) is 5.73 Å². The summed E-state index contributed by atoms with van der Waals surface area (Å²) in [6.45, 7) is 8.29. The SMILES string of the molecule is CCCN(CCC)c1nc(C)ccc1C(N)=S. The number of hydrogen-bond acceptors (Lipinski definition) is 3. The van der Waals surface area contributed by atoms with Crippen LogP contribution in [0.5, 0.6) is 0 Å². The first-order valence-electron chi connectivity index (χ1n) is 6.12. The minimum absolute atomic E-state index is 0.421. The average Bonchev–Trinajstić information content (AvgIpc) is 2.28. The van der Waals surface area contributed by atoms with E-state index in [1.54, 1.807) is 0 Å². The molecule has 4 heteroatoms. The van der Waals surface area contributed by atoms with Crippen LogP contribution in [0.2, 0.25) is 0 Å². The Morgan fingerprint density at radius 3 is 2.35 bits per heavy atom. The molecule has 17 heavy (non-hydrogen) atoms. The summed E-state index contributed by atoms with van der Waals surface area (Å²) in [7, 11) is 0. The molecule has 3 nitrogen and oxygen atoms in total. The molecule has 0 bridgehead atoms. The smallest absolute Gasteiger partial charge is 0.139 e. The maximum absolute atomic E-state index is 5.76. The van der Waals surface area contributed by atoms with E-state index in [9.17, 15) is 0 Å². The van der Waals surface area contributed by atoms with Gasteiger partial charge >= 0.3 is 0 Å². The lowest BCUT2D eigenvalue weighted by Gasteiger charge is -2.25. The van der Waals surface area contributed by atoms with Gasteiger partial charge in [0.1, 0.15) is 10.8 Å². The Morgan fingerprint density at radius 1 is 1.29 bits per heavy atom. The van der Waals surface area contributed by atoms with Crippen LogP contribution < -0.4 is 10.6 Å². The van der Waals surface area contributed by atoms with E-state index in [1.807, 2.05) is 19.1 Å².